The maximum absolute atomic E-state index is 12.7. The Kier molecular flexibility index (Phi) is 3.56. The minimum atomic E-state index is -0.121. The maximum Gasteiger partial charge on any atom is 0.278 e. The molecule has 3 rings (SSSR count). The molecule has 1 unspecified atom stereocenters. The van der Waals surface area contributed by atoms with Gasteiger partial charge in [0.2, 0.25) is 0 Å². The van der Waals surface area contributed by atoms with Crippen LogP contribution in [-0.4, -0.2) is 29.5 Å². The van der Waals surface area contributed by atoms with E-state index in [0.717, 1.165) is 23.4 Å². The summed E-state index contributed by atoms with van der Waals surface area (Å²) in [5, 5.41) is 0. The van der Waals surface area contributed by atoms with Crippen LogP contribution >= 0.6 is 0 Å². The first-order chi connectivity index (χ1) is 10.2. The lowest BCUT2D eigenvalue weighted by Gasteiger charge is -2.33. The molecular weight excluding hydrogens is 266 g/mol. The summed E-state index contributed by atoms with van der Waals surface area (Å²) in [6.07, 6.45) is 5.56. The second-order valence-electron chi connectivity index (χ2n) is 5.31. The van der Waals surface area contributed by atoms with E-state index >= 15 is 0 Å². The third-order valence-electron chi connectivity index (χ3n) is 3.67. The second-order valence-corrected chi connectivity index (χ2v) is 5.31. The van der Waals surface area contributed by atoms with Gasteiger partial charge in [0.15, 0.2) is 0 Å². The highest BCUT2D eigenvalue weighted by molar-refractivity contribution is 6.05. The predicted octanol–water partition coefficient (Wildman–Crippen LogP) is 2.32. The number of nitrogens with zero attached hydrogens (tertiary/aromatic N) is 3. The van der Waals surface area contributed by atoms with Crippen molar-refractivity contribution in [3.63, 3.8) is 0 Å². The molecule has 2 heterocycles. The van der Waals surface area contributed by atoms with Crippen molar-refractivity contribution in [2.75, 3.05) is 18.6 Å². The summed E-state index contributed by atoms with van der Waals surface area (Å²) in [5.74, 6) is 1.04. The highest BCUT2D eigenvalue weighted by Crippen LogP contribution is 2.33. The van der Waals surface area contributed by atoms with Crippen molar-refractivity contribution in [3.8, 4) is 5.75 Å². The van der Waals surface area contributed by atoms with E-state index in [0.29, 0.717) is 18.2 Å². The predicted molar refractivity (Wildman–Crippen MR) is 79.6 cm³/mol. The van der Waals surface area contributed by atoms with E-state index in [4.69, 9.17) is 4.74 Å². The molecule has 0 saturated heterocycles. The molecular formula is C16H17N3O2. The Labute approximate surface area is 123 Å². The molecule has 1 atom stereocenters. The largest absolute Gasteiger partial charge is 0.497 e. The third kappa shape index (κ3) is 2.59. The molecule has 1 aliphatic rings. The molecule has 108 valence electrons. The molecule has 0 fully saturated rings. The van der Waals surface area contributed by atoms with Crippen molar-refractivity contribution in [1.82, 2.24) is 9.97 Å². The van der Waals surface area contributed by atoms with Crippen LogP contribution in [0.25, 0.3) is 0 Å². The van der Waals surface area contributed by atoms with Crippen LogP contribution in [0.2, 0.25) is 0 Å². The number of ether oxygens (including phenoxy) is 1. The smallest absolute Gasteiger partial charge is 0.278 e. The van der Waals surface area contributed by atoms with Crippen LogP contribution in [0.3, 0.4) is 0 Å². The summed E-state index contributed by atoms with van der Waals surface area (Å²) in [7, 11) is 1.63. The first-order valence-corrected chi connectivity index (χ1v) is 6.94. The number of carbonyl (C=O) groups is 1. The van der Waals surface area contributed by atoms with Gasteiger partial charge in [-0.25, -0.2) is 4.98 Å². The molecule has 0 N–H and O–H groups in total. The first-order valence-electron chi connectivity index (χ1n) is 6.94. The van der Waals surface area contributed by atoms with E-state index in [1.165, 1.54) is 12.4 Å². The monoisotopic (exact) mass is 283 g/mol. The van der Waals surface area contributed by atoms with Crippen LogP contribution in [-0.2, 0) is 6.42 Å². The summed E-state index contributed by atoms with van der Waals surface area (Å²) in [4.78, 5) is 22.5. The Morgan fingerprint density at radius 3 is 2.95 bits per heavy atom. The van der Waals surface area contributed by atoms with Gasteiger partial charge in [0.1, 0.15) is 11.4 Å². The van der Waals surface area contributed by atoms with Crippen molar-refractivity contribution >= 4 is 11.6 Å². The molecule has 2 aromatic rings. The van der Waals surface area contributed by atoms with Crippen LogP contribution in [0.15, 0.2) is 36.8 Å². The summed E-state index contributed by atoms with van der Waals surface area (Å²) >= 11 is 0. The van der Waals surface area contributed by atoms with Gasteiger partial charge in [-0.3, -0.25) is 9.78 Å². The first kappa shape index (κ1) is 13.5. The van der Waals surface area contributed by atoms with Crippen LogP contribution in [0, 0.1) is 5.92 Å². The van der Waals surface area contributed by atoms with Crippen molar-refractivity contribution in [2.24, 2.45) is 5.92 Å². The van der Waals surface area contributed by atoms with Crippen molar-refractivity contribution in [1.29, 1.82) is 0 Å². The van der Waals surface area contributed by atoms with Crippen LogP contribution in [0.1, 0.15) is 23.0 Å². The topological polar surface area (TPSA) is 55.3 Å². The summed E-state index contributed by atoms with van der Waals surface area (Å²) in [6.45, 7) is 2.82. The average molecular weight is 283 g/mol. The molecule has 0 saturated carbocycles. The minimum Gasteiger partial charge on any atom is -0.497 e. The molecule has 0 aliphatic carbocycles. The Morgan fingerprint density at radius 2 is 2.24 bits per heavy atom. The van der Waals surface area contributed by atoms with E-state index < -0.39 is 0 Å². The number of methoxy groups -OCH3 is 1. The highest BCUT2D eigenvalue weighted by Gasteiger charge is 2.28. The number of hydrogen-bond acceptors (Lipinski definition) is 4. The maximum atomic E-state index is 12.7. The number of anilines is 1. The Bertz CT molecular complexity index is 658. The quantitative estimate of drug-likeness (QED) is 0.848. The zero-order valence-corrected chi connectivity index (χ0v) is 12.1. The van der Waals surface area contributed by atoms with Gasteiger partial charge in [0.05, 0.1) is 19.0 Å². The standard InChI is InChI=1S/C16H17N3O2/c1-11-7-12-3-4-13(21-2)8-15(12)19(10-11)16(20)14-9-17-5-6-18-14/h3-6,8-9,11H,7,10H2,1-2H3. The van der Waals surface area contributed by atoms with E-state index in [9.17, 15) is 4.79 Å². The molecule has 1 aromatic carbocycles. The fraction of sp³-hybridized carbons (Fsp3) is 0.312. The lowest BCUT2D eigenvalue weighted by Crippen LogP contribution is -2.39. The van der Waals surface area contributed by atoms with Crippen LogP contribution in [0.4, 0.5) is 5.69 Å². The number of carbonyl (C=O) groups excluding carboxylic acids is 1. The fourth-order valence-corrected chi connectivity index (χ4v) is 2.68. The van der Waals surface area contributed by atoms with E-state index in [2.05, 4.69) is 16.9 Å². The van der Waals surface area contributed by atoms with Gasteiger partial charge in [-0.1, -0.05) is 13.0 Å². The van der Waals surface area contributed by atoms with Gasteiger partial charge in [0, 0.05) is 25.0 Å². The van der Waals surface area contributed by atoms with Gasteiger partial charge >= 0.3 is 0 Å². The van der Waals surface area contributed by atoms with Crippen molar-refractivity contribution in [3.05, 3.63) is 48.0 Å². The Balaban J connectivity index is 2.02. The molecule has 5 nitrogen and oxygen atoms in total. The highest BCUT2D eigenvalue weighted by atomic mass is 16.5. The SMILES string of the molecule is COc1ccc2c(c1)N(C(=O)c1cnccn1)CC(C)C2. The number of aromatic nitrogens is 2. The van der Waals surface area contributed by atoms with Crippen LogP contribution < -0.4 is 9.64 Å². The minimum absolute atomic E-state index is 0.121. The second kappa shape index (κ2) is 5.52. The Morgan fingerprint density at radius 1 is 1.38 bits per heavy atom. The fourth-order valence-electron chi connectivity index (χ4n) is 2.68. The number of hydrogen-bond donors (Lipinski definition) is 0. The molecule has 1 aromatic heterocycles. The number of fused-ring (bicyclic) bond motifs is 1. The zero-order chi connectivity index (χ0) is 14.8. The molecule has 5 heteroatoms. The number of rotatable bonds is 2. The lowest BCUT2D eigenvalue weighted by atomic mass is 9.93. The van der Waals surface area contributed by atoms with E-state index in [1.54, 1.807) is 18.2 Å². The molecule has 21 heavy (non-hydrogen) atoms. The van der Waals surface area contributed by atoms with Gasteiger partial charge in [-0.2, -0.15) is 0 Å². The van der Waals surface area contributed by atoms with E-state index in [1.807, 2.05) is 18.2 Å². The number of benzene rings is 1. The van der Waals surface area contributed by atoms with Gasteiger partial charge in [-0.05, 0) is 24.0 Å². The molecule has 0 radical (unpaired) electrons. The number of amides is 1. The van der Waals surface area contributed by atoms with Crippen molar-refractivity contribution in [2.45, 2.75) is 13.3 Å². The van der Waals surface area contributed by atoms with Gasteiger partial charge in [-0.15, -0.1) is 0 Å². The normalized spacial score (nSPS) is 17.2. The summed E-state index contributed by atoms with van der Waals surface area (Å²) in [5.41, 5.74) is 2.43. The Hall–Kier alpha value is -2.43. The molecule has 1 amide bonds. The zero-order valence-electron chi connectivity index (χ0n) is 12.1. The molecule has 0 bridgehead atoms. The molecule has 0 spiro atoms. The third-order valence-corrected chi connectivity index (χ3v) is 3.67. The summed E-state index contributed by atoms with van der Waals surface area (Å²) < 4.78 is 5.27. The van der Waals surface area contributed by atoms with E-state index in [-0.39, 0.29) is 5.91 Å². The summed E-state index contributed by atoms with van der Waals surface area (Å²) in [6, 6.07) is 5.87. The molecule has 1 aliphatic heterocycles. The average Bonchev–Trinajstić information content (AvgIpc) is 2.53. The van der Waals surface area contributed by atoms with Gasteiger partial charge in [0.25, 0.3) is 5.91 Å². The van der Waals surface area contributed by atoms with Crippen molar-refractivity contribution < 1.29 is 9.53 Å². The van der Waals surface area contributed by atoms with Gasteiger partial charge < -0.3 is 9.64 Å². The lowest BCUT2D eigenvalue weighted by molar-refractivity contribution is 0.0976. The van der Waals surface area contributed by atoms with Crippen LogP contribution in [0.5, 0.6) is 5.75 Å².